The molecule has 92 valence electrons. The summed E-state index contributed by atoms with van der Waals surface area (Å²) in [5, 5.41) is 0. The summed E-state index contributed by atoms with van der Waals surface area (Å²) in [6, 6.07) is 8.70. The molecule has 17 heavy (non-hydrogen) atoms. The molecule has 0 saturated heterocycles. The van der Waals surface area contributed by atoms with Gasteiger partial charge in [-0.1, -0.05) is 24.3 Å². The van der Waals surface area contributed by atoms with E-state index in [-0.39, 0.29) is 0 Å². The van der Waals surface area contributed by atoms with Crippen LogP contribution >= 0.6 is 0 Å². The van der Waals surface area contributed by atoms with Gasteiger partial charge < -0.3 is 4.74 Å². The van der Waals surface area contributed by atoms with Crippen LogP contribution in [0, 0.1) is 0 Å². The van der Waals surface area contributed by atoms with Crippen molar-refractivity contribution < 1.29 is 19.3 Å². The van der Waals surface area contributed by atoms with Crippen LogP contribution in [0.1, 0.15) is 23.7 Å². The maximum atomic E-state index is 11.4. The standard InChI is InChI=1S/C13H16O4/c1-2-9-15-10-6-11-16-17-13(14)12-7-4-3-5-8-12/h2-5,7-9H,6,10-11H2,1H3. The van der Waals surface area contributed by atoms with Crippen LogP contribution in [0.4, 0.5) is 0 Å². The summed E-state index contributed by atoms with van der Waals surface area (Å²) < 4.78 is 5.07. The fraction of sp³-hybridized carbons (Fsp3) is 0.308. The van der Waals surface area contributed by atoms with E-state index < -0.39 is 5.97 Å². The van der Waals surface area contributed by atoms with Crippen molar-refractivity contribution >= 4 is 5.97 Å². The van der Waals surface area contributed by atoms with Gasteiger partial charge in [0.25, 0.3) is 0 Å². The Morgan fingerprint density at radius 2 is 2.00 bits per heavy atom. The Morgan fingerprint density at radius 3 is 2.71 bits per heavy atom. The molecule has 0 aromatic heterocycles. The summed E-state index contributed by atoms with van der Waals surface area (Å²) in [5.41, 5.74) is 0.470. The van der Waals surface area contributed by atoms with Crippen molar-refractivity contribution in [2.24, 2.45) is 0 Å². The average molecular weight is 236 g/mol. The van der Waals surface area contributed by atoms with Gasteiger partial charge in [0.2, 0.25) is 0 Å². The maximum Gasteiger partial charge on any atom is 0.373 e. The van der Waals surface area contributed by atoms with Gasteiger partial charge in [0, 0.05) is 6.42 Å². The zero-order chi connectivity index (χ0) is 12.3. The van der Waals surface area contributed by atoms with E-state index >= 15 is 0 Å². The molecule has 0 atom stereocenters. The number of carbonyl (C=O) groups excluding carboxylic acids is 1. The van der Waals surface area contributed by atoms with Gasteiger partial charge in [-0.05, 0) is 19.1 Å². The summed E-state index contributed by atoms with van der Waals surface area (Å²) >= 11 is 0. The first-order valence-corrected chi connectivity index (χ1v) is 5.46. The smallest absolute Gasteiger partial charge is 0.373 e. The van der Waals surface area contributed by atoms with E-state index in [4.69, 9.17) is 9.62 Å². The summed E-state index contributed by atoms with van der Waals surface area (Å²) in [6.45, 7) is 2.72. The Hall–Kier alpha value is -1.81. The second-order valence-corrected chi connectivity index (χ2v) is 3.25. The predicted octanol–water partition coefficient (Wildman–Crippen LogP) is 2.72. The van der Waals surface area contributed by atoms with Gasteiger partial charge in [-0.25, -0.2) is 4.79 Å². The molecule has 0 aliphatic rings. The number of hydrogen-bond donors (Lipinski definition) is 0. The largest absolute Gasteiger partial charge is 0.501 e. The summed E-state index contributed by atoms with van der Waals surface area (Å²) in [5.74, 6) is -0.486. The minimum Gasteiger partial charge on any atom is -0.501 e. The first-order chi connectivity index (χ1) is 8.34. The van der Waals surface area contributed by atoms with Crippen LogP contribution in [0.3, 0.4) is 0 Å². The van der Waals surface area contributed by atoms with Crippen LogP contribution < -0.4 is 0 Å². The quantitative estimate of drug-likeness (QED) is 0.316. The van der Waals surface area contributed by atoms with Gasteiger partial charge in [-0.3, -0.25) is 4.89 Å². The average Bonchev–Trinajstić information content (AvgIpc) is 2.38. The molecular weight excluding hydrogens is 220 g/mol. The topological polar surface area (TPSA) is 44.8 Å². The molecule has 0 radical (unpaired) electrons. The molecule has 0 saturated carbocycles. The molecule has 0 bridgehead atoms. The van der Waals surface area contributed by atoms with Gasteiger partial charge in [0.15, 0.2) is 0 Å². The van der Waals surface area contributed by atoms with E-state index in [0.717, 1.165) is 0 Å². The number of rotatable bonds is 7. The van der Waals surface area contributed by atoms with E-state index in [1.54, 1.807) is 36.6 Å². The summed E-state index contributed by atoms with van der Waals surface area (Å²) in [4.78, 5) is 20.8. The molecule has 1 aromatic carbocycles. The van der Waals surface area contributed by atoms with Crippen molar-refractivity contribution in [1.82, 2.24) is 0 Å². The highest BCUT2D eigenvalue weighted by molar-refractivity contribution is 5.88. The van der Waals surface area contributed by atoms with Crippen molar-refractivity contribution in [2.45, 2.75) is 13.3 Å². The minimum absolute atomic E-state index is 0.316. The normalized spacial score (nSPS) is 10.4. The molecule has 0 unspecified atom stereocenters. The molecule has 1 aromatic rings. The van der Waals surface area contributed by atoms with E-state index in [0.29, 0.717) is 25.2 Å². The zero-order valence-corrected chi connectivity index (χ0v) is 9.80. The Balaban J connectivity index is 2.09. The molecule has 0 spiro atoms. The van der Waals surface area contributed by atoms with E-state index in [1.165, 1.54) is 0 Å². The highest BCUT2D eigenvalue weighted by Gasteiger charge is 2.06. The molecule has 0 amide bonds. The van der Waals surface area contributed by atoms with Crippen molar-refractivity contribution in [3.05, 3.63) is 48.2 Å². The minimum atomic E-state index is -0.486. The lowest BCUT2D eigenvalue weighted by molar-refractivity contribution is -0.242. The molecule has 4 heteroatoms. The van der Waals surface area contributed by atoms with Crippen molar-refractivity contribution in [3.63, 3.8) is 0 Å². The fourth-order valence-corrected chi connectivity index (χ4v) is 1.08. The van der Waals surface area contributed by atoms with Crippen molar-refractivity contribution in [2.75, 3.05) is 13.2 Å². The SMILES string of the molecule is CC=COCCCOOC(=O)c1ccccc1. The van der Waals surface area contributed by atoms with Crippen molar-refractivity contribution in [1.29, 1.82) is 0 Å². The third-order valence-corrected chi connectivity index (χ3v) is 1.87. The first-order valence-electron chi connectivity index (χ1n) is 5.46. The Kier molecular flexibility index (Phi) is 6.51. The highest BCUT2D eigenvalue weighted by Crippen LogP contribution is 2.01. The lowest BCUT2D eigenvalue weighted by atomic mass is 10.2. The molecule has 4 nitrogen and oxygen atoms in total. The maximum absolute atomic E-state index is 11.4. The second-order valence-electron chi connectivity index (χ2n) is 3.25. The molecule has 0 heterocycles. The van der Waals surface area contributed by atoms with Gasteiger partial charge in [-0.15, -0.1) is 0 Å². The molecule has 0 N–H and O–H groups in total. The van der Waals surface area contributed by atoms with E-state index in [2.05, 4.69) is 4.89 Å². The lowest BCUT2D eigenvalue weighted by Crippen LogP contribution is -2.07. The van der Waals surface area contributed by atoms with Gasteiger partial charge in [-0.2, -0.15) is 4.89 Å². The van der Waals surface area contributed by atoms with Gasteiger partial charge >= 0.3 is 5.97 Å². The highest BCUT2D eigenvalue weighted by atomic mass is 17.2. The summed E-state index contributed by atoms with van der Waals surface area (Å²) in [7, 11) is 0. The monoisotopic (exact) mass is 236 g/mol. The Labute approximate surface area is 101 Å². The summed E-state index contributed by atoms with van der Waals surface area (Å²) in [6.07, 6.45) is 4.07. The third-order valence-electron chi connectivity index (χ3n) is 1.87. The van der Waals surface area contributed by atoms with Gasteiger partial charge in [0.1, 0.15) is 0 Å². The van der Waals surface area contributed by atoms with E-state index in [1.807, 2.05) is 13.0 Å². The Bertz CT molecular complexity index is 346. The second kappa shape index (κ2) is 8.35. The predicted molar refractivity (Wildman–Crippen MR) is 63.2 cm³/mol. The van der Waals surface area contributed by atoms with E-state index in [9.17, 15) is 4.79 Å². The van der Waals surface area contributed by atoms with Crippen LogP contribution in [-0.2, 0) is 14.5 Å². The van der Waals surface area contributed by atoms with Crippen LogP contribution in [0.5, 0.6) is 0 Å². The first kappa shape index (κ1) is 13.3. The molecule has 0 aliphatic heterocycles. The number of hydrogen-bond acceptors (Lipinski definition) is 4. The van der Waals surface area contributed by atoms with Crippen LogP contribution in [0.25, 0.3) is 0 Å². The molecule has 0 aliphatic carbocycles. The third kappa shape index (κ3) is 5.73. The molecular formula is C13H16O4. The number of allylic oxidation sites excluding steroid dienone is 1. The lowest BCUT2D eigenvalue weighted by Gasteiger charge is -2.03. The molecule has 0 fully saturated rings. The Morgan fingerprint density at radius 1 is 1.24 bits per heavy atom. The van der Waals surface area contributed by atoms with Crippen LogP contribution in [0.2, 0.25) is 0 Å². The number of benzene rings is 1. The fourth-order valence-electron chi connectivity index (χ4n) is 1.08. The van der Waals surface area contributed by atoms with Crippen molar-refractivity contribution in [3.8, 4) is 0 Å². The van der Waals surface area contributed by atoms with Crippen LogP contribution in [0.15, 0.2) is 42.7 Å². The molecule has 1 rings (SSSR count). The van der Waals surface area contributed by atoms with Crippen LogP contribution in [-0.4, -0.2) is 19.2 Å². The number of ether oxygens (including phenoxy) is 1. The number of carbonyl (C=O) groups is 1. The zero-order valence-electron chi connectivity index (χ0n) is 9.80. The van der Waals surface area contributed by atoms with Gasteiger partial charge in [0.05, 0.1) is 25.0 Å².